The second-order valence-corrected chi connectivity index (χ2v) is 8.66. The number of benzene rings is 1. The van der Waals surface area contributed by atoms with E-state index in [-0.39, 0.29) is 34.3 Å². The van der Waals surface area contributed by atoms with E-state index in [0.29, 0.717) is 47.7 Å². The molecule has 4 rings (SSSR count). The number of hydrogen-bond donors (Lipinski definition) is 1. The van der Waals surface area contributed by atoms with Crippen LogP contribution in [0.3, 0.4) is 0 Å². The van der Waals surface area contributed by atoms with Crippen LogP contribution in [0.2, 0.25) is 0 Å². The molecule has 1 aliphatic carbocycles. The molecule has 31 heavy (non-hydrogen) atoms. The van der Waals surface area contributed by atoms with E-state index in [1.807, 2.05) is 0 Å². The first-order chi connectivity index (χ1) is 14.7. The van der Waals surface area contributed by atoms with Crippen LogP contribution in [0.15, 0.2) is 36.4 Å². The van der Waals surface area contributed by atoms with Crippen LogP contribution < -0.4 is 5.12 Å². The van der Waals surface area contributed by atoms with E-state index >= 15 is 4.48 Å². The first-order valence-corrected chi connectivity index (χ1v) is 10.6. The lowest BCUT2D eigenvalue weighted by atomic mass is 9.81. The fourth-order valence-electron chi connectivity index (χ4n) is 3.85. The van der Waals surface area contributed by atoms with Crippen LogP contribution >= 0.6 is 11.3 Å². The summed E-state index contributed by atoms with van der Waals surface area (Å²) in [6.45, 7) is -0.171. The Balaban J connectivity index is 1.71. The molecule has 1 N–H and O–H groups in total. The summed E-state index contributed by atoms with van der Waals surface area (Å²) in [7, 11) is 0. The van der Waals surface area contributed by atoms with E-state index in [0.717, 1.165) is 6.07 Å². The normalized spacial score (nSPS) is 19.5. The van der Waals surface area contributed by atoms with Gasteiger partial charge in [-0.25, -0.2) is 9.97 Å². The number of nitrogens with zero attached hydrogens (tertiary/aromatic N) is 3. The smallest absolute Gasteiger partial charge is 0.425 e. The van der Waals surface area contributed by atoms with Crippen LogP contribution in [0.1, 0.15) is 47.9 Å². The second-order valence-electron chi connectivity index (χ2n) is 7.63. The van der Waals surface area contributed by atoms with Crippen molar-refractivity contribution >= 4 is 33.3 Å². The summed E-state index contributed by atoms with van der Waals surface area (Å²) in [6, 6.07) is 9.60. The zero-order valence-electron chi connectivity index (χ0n) is 16.3. The van der Waals surface area contributed by atoms with Crippen molar-refractivity contribution in [3.05, 3.63) is 52.7 Å². The Bertz CT molecular complexity index is 1080. The van der Waals surface area contributed by atoms with Crippen molar-refractivity contribution in [3.63, 3.8) is 0 Å². The van der Waals surface area contributed by atoms with E-state index in [1.165, 1.54) is 0 Å². The van der Waals surface area contributed by atoms with Crippen molar-refractivity contribution in [1.82, 2.24) is 9.97 Å². The summed E-state index contributed by atoms with van der Waals surface area (Å²) >= 11 is 0.462. The minimum atomic E-state index is -4.57. The number of alkyl halides is 3. The molecule has 2 aromatic heterocycles. The van der Waals surface area contributed by atoms with E-state index < -0.39 is 22.9 Å². The van der Waals surface area contributed by atoms with Gasteiger partial charge in [-0.1, -0.05) is 34.8 Å². The zero-order valence-corrected chi connectivity index (χ0v) is 17.1. The Morgan fingerprint density at radius 3 is 2.42 bits per heavy atom. The SMILES string of the molecule is O=C(O)C1CCC(c2nc(N(F)Cc3ccccc3)c3cc(C(F)(F)F)sc3n2)CC1. The topological polar surface area (TPSA) is 66.3 Å². The molecule has 0 aliphatic heterocycles. The highest BCUT2D eigenvalue weighted by Gasteiger charge is 2.35. The maximum Gasteiger partial charge on any atom is 0.425 e. The van der Waals surface area contributed by atoms with Gasteiger partial charge in [0.1, 0.15) is 15.5 Å². The predicted molar refractivity (Wildman–Crippen MR) is 108 cm³/mol. The molecule has 0 bridgehead atoms. The van der Waals surface area contributed by atoms with Crippen LogP contribution in [0.25, 0.3) is 10.2 Å². The van der Waals surface area contributed by atoms with Crippen LogP contribution in [-0.4, -0.2) is 21.0 Å². The van der Waals surface area contributed by atoms with Crippen molar-refractivity contribution in [2.75, 3.05) is 5.12 Å². The molecular formula is C21H19F4N3O2S. The number of thiophene rings is 1. The number of aromatic nitrogens is 2. The molecule has 1 saturated carbocycles. The quantitative estimate of drug-likeness (QED) is 0.381. The third-order valence-electron chi connectivity index (χ3n) is 5.50. The molecule has 0 amide bonds. The van der Waals surface area contributed by atoms with Gasteiger partial charge in [0.15, 0.2) is 5.82 Å². The minimum Gasteiger partial charge on any atom is -0.481 e. The highest BCUT2D eigenvalue weighted by Crippen LogP contribution is 2.42. The molecule has 0 spiro atoms. The molecule has 1 fully saturated rings. The number of fused-ring (bicyclic) bond motifs is 1. The summed E-state index contributed by atoms with van der Waals surface area (Å²) in [6.07, 6.45) is -2.73. The average Bonchev–Trinajstić information content (AvgIpc) is 3.18. The predicted octanol–water partition coefficient (Wildman–Crippen LogP) is 5.96. The van der Waals surface area contributed by atoms with Crippen molar-refractivity contribution in [2.24, 2.45) is 5.92 Å². The summed E-state index contributed by atoms with van der Waals surface area (Å²) in [5.74, 6) is -1.47. The van der Waals surface area contributed by atoms with Crippen LogP contribution in [-0.2, 0) is 17.5 Å². The molecule has 10 heteroatoms. The molecule has 1 aromatic carbocycles. The van der Waals surface area contributed by atoms with Gasteiger partial charge in [0.25, 0.3) is 0 Å². The Morgan fingerprint density at radius 2 is 1.81 bits per heavy atom. The molecule has 5 nitrogen and oxygen atoms in total. The van der Waals surface area contributed by atoms with Crippen LogP contribution in [0.4, 0.5) is 23.5 Å². The lowest BCUT2D eigenvalue weighted by molar-refractivity contribution is -0.142. The molecule has 0 radical (unpaired) electrons. The van der Waals surface area contributed by atoms with Gasteiger partial charge in [0, 0.05) is 5.92 Å². The highest BCUT2D eigenvalue weighted by molar-refractivity contribution is 7.18. The van der Waals surface area contributed by atoms with Gasteiger partial charge in [-0.2, -0.15) is 18.3 Å². The van der Waals surface area contributed by atoms with Gasteiger partial charge < -0.3 is 5.11 Å². The summed E-state index contributed by atoms with van der Waals surface area (Å²) < 4.78 is 55.0. The second kappa shape index (κ2) is 8.41. The fourth-order valence-corrected chi connectivity index (χ4v) is 4.75. The van der Waals surface area contributed by atoms with E-state index in [9.17, 15) is 23.1 Å². The molecule has 0 saturated heterocycles. The molecule has 1 aliphatic rings. The summed E-state index contributed by atoms with van der Waals surface area (Å²) in [5.41, 5.74) is 0.645. The highest BCUT2D eigenvalue weighted by atomic mass is 32.1. The molecule has 164 valence electrons. The zero-order chi connectivity index (χ0) is 22.2. The molecule has 3 aromatic rings. The van der Waals surface area contributed by atoms with E-state index in [4.69, 9.17) is 0 Å². The largest absolute Gasteiger partial charge is 0.481 e. The number of anilines is 1. The van der Waals surface area contributed by atoms with Crippen molar-refractivity contribution in [2.45, 2.75) is 44.3 Å². The van der Waals surface area contributed by atoms with Gasteiger partial charge >= 0.3 is 12.1 Å². The van der Waals surface area contributed by atoms with Crippen molar-refractivity contribution in [1.29, 1.82) is 0 Å². The summed E-state index contributed by atoms with van der Waals surface area (Å²) in [4.78, 5) is 19.0. The molecule has 0 atom stereocenters. The third kappa shape index (κ3) is 4.63. The molecular weight excluding hydrogens is 434 g/mol. The van der Waals surface area contributed by atoms with Gasteiger partial charge in [0.05, 0.1) is 17.8 Å². The Labute approximate surface area is 179 Å². The van der Waals surface area contributed by atoms with Gasteiger partial charge in [-0.15, -0.1) is 11.3 Å². The molecule has 0 unspecified atom stereocenters. The number of carbonyl (C=O) groups is 1. The van der Waals surface area contributed by atoms with Crippen molar-refractivity contribution in [3.8, 4) is 0 Å². The lowest BCUT2D eigenvalue weighted by Gasteiger charge is -2.25. The number of carboxylic acids is 1. The Hall–Kier alpha value is -2.75. The van der Waals surface area contributed by atoms with Crippen LogP contribution in [0, 0.1) is 5.92 Å². The summed E-state index contributed by atoms with van der Waals surface area (Å²) in [5, 5.41) is 9.54. The number of carboxylic acid groups (broad SMARTS) is 1. The van der Waals surface area contributed by atoms with Crippen molar-refractivity contribution < 1.29 is 27.6 Å². The Kier molecular flexibility index (Phi) is 5.83. The number of rotatable bonds is 5. The minimum absolute atomic E-state index is 0.0127. The monoisotopic (exact) mass is 453 g/mol. The van der Waals surface area contributed by atoms with Gasteiger partial charge in [-0.3, -0.25) is 4.79 Å². The van der Waals surface area contributed by atoms with Crippen LogP contribution in [0.5, 0.6) is 0 Å². The van der Waals surface area contributed by atoms with Gasteiger partial charge in [0.2, 0.25) is 0 Å². The standard InChI is InChI=1S/C21H19F4N3O2S/c22-21(23,24)16-10-15-18(28(25)11-12-4-2-1-3-5-12)26-17(27-19(15)31-16)13-6-8-14(9-7-13)20(29)30/h1-5,10,13-14H,6-9,11H2,(H,29,30). The Morgan fingerprint density at radius 1 is 1.13 bits per heavy atom. The maximum absolute atomic E-state index is 15.2. The van der Waals surface area contributed by atoms with E-state index in [1.54, 1.807) is 30.3 Å². The fraction of sp³-hybridized carbons (Fsp3) is 0.381. The third-order valence-corrected chi connectivity index (χ3v) is 6.58. The van der Waals surface area contributed by atoms with Gasteiger partial charge in [-0.05, 0) is 37.3 Å². The average molecular weight is 453 g/mol. The first-order valence-electron chi connectivity index (χ1n) is 9.81. The molecule has 2 heterocycles. The number of halogens is 4. The lowest BCUT2D eigenvalue weighted by Crippen LogP contribution is -2.22. The van der Waals surface area contributed by atoms with E-state index in [2.05, 4.69) is 9.97 Å². The number of aliphatic carboxylic acids is 1. The maximum atomic E-state index is 15.2. The first kappa shape index (κ1) is 21.5. The number of hydrogen-bond acceptors (Lipinski definition) is 5.